The molecule has 2 atom stereocenters. The predicted octanol–water partition coefficient (Wildman–Crippen LogP) is 3.51. The topological polar surface area (TPSA) is 36.7 Å². The molecule has 1 heterocycles. The van der Waals surface area contributed by atoms with Gasteiger partial charge in [-0.2, -0.15) is 17.9 Å². The second-order valence-electron chi connectivity index (χ2n) is 3.60. The molecule has 0 aliphatic carbocycles. The number of aromatic nitrogens is 1. The number of nitrogens with zero attached hydrogens (tertiary/aromatic N) is 2. The number of thiol groups is 1. The fourth-order valence-corrected chi connectivity index (χ4v) is 2.51. The van der Waals surface area contributed by atoms with Gasteiger partial charge in [0, 0.05) is 34.9 Å². The normalized spacial score (nSPS) is 14.1. The molecule has 0 spiro atoms. The van der Waals surface area contributed by atoms with Crippen molar-refractivity contribution >= 4 is 24.4 Å². The first kappa shape index (κ1) is 13.4. The Bertz CT molecular complexity index is 372. The lowest BCUT2D eigenvalue weighted by atomic mass is 9.95. The molecule has 0 aliphatic heterocycles. The van der Waals surface area contributed by atoms with Gasteiger partial charge in [0.15, 0.2) is 0 Å². The minimum absolute atomic E-state index is 0.165. The maximum Gasteiger partial charge on any atom is 0.0628 e. The van der Waals surface area contributed by atoms with E-state index in [-0.39, 0.29) is 11.2 Å². The molecule has 0 aliphatic rings. The van der Waals surface area contributed by atoms with Crippen LogP contribution in [0.4, 0.5) is 0 Å². The smallest absolute Gasteiger partial charge is 0.0628 e. The summed E-state index contributed by atoms with van der Waals surface area (Å²) in [6, 6.07) is 4.34. The number of rotatable bonds is 5. The number of hydrogen-bond donors (Lipinski definition) is 1. The van der Waals surface area contributed by atoms with Gasteiger partial charge in [-0.1, -0.05) is 13.8 Å². The van der Waals surface area contributed by atoms with Crippen LogP contribution in [0, 0.1) is 11.3 Å². The third-order valence-electron chi connectivity index (χ3n) is 2.37. The minimum atomic E-state index is 0.165. The maximum absolute atomic E-state index is 8.81. The van der Waals surface area contributed by atoms with Gasteiger partial charge in [0.25, 0.3) is 0 Å². The van der Waals surface area contributed by atoms with Gasteiger partial charge in [-0.25, -0.2) is 0 Å². The van der Waals surface area contributed by atoms with Crippen LogP contribution in [0.15, 0.2) is 23.4 Å². The van der Waals surface area contributed by atoms with Gasteiger partial charge < -0.3 is 0 Å². The Morgan fingerprint density at radius 3 is 2.88 bits per heavy atom. The van der Waals surface area contributed by atoms with E-state index in [4.69, 9.17) is 5.26 Å². The van der Waals surface area contributed by atoms with E-state index in [0.717, 1.165) is 16.2 Å². The zero-order chi connectivity index (χ0) is 12.0. The molecule has 2 nitrogen and oxygen atoms in total. The number of hydrogen-bond acceptors (Lipinski definition) is 4. The first-order chi connectivity index (χ1) is 7.69. The zero-order valence-corrected chi connectivity index (χ0v) is 11.3. The fourth-order valence-electron chi connectivity index (χ4n) is 1.55. The van der Waals surface area contributed by atoms with E-state index in [1.165, 1.54) is 0 Å². The molecule has 0 bridgehead atoms. The third-order valence-corrected chi connectivity index (χ3v) is 3.57. The van der Waals surface area contributed by atoms with Gasteiger partial charge in [0.05, 0.1) is 6.07 Å². The monoisotopic (exact) mass is 252 g/mol. The molecule has 2 unspecified atom stereocenters. The zero-order valence-electron chi connectivity index (χ0n) is 9.55. The standard InChI is InChI=1S/C12H16N2S2/c1-3-16-11-6-10(7-14-8-11)12(4-5-13)9(2)15/h6-9,12,15H,3-4H2,1-2H3. The first-order valence-corrected chi connectivity index (χ1v) is 6.82. The van der Waals surface area contributed by atoms with Crippen molar-refractivity contribution in [2.45, 2.75) is 36.3 Å². The van der Waals surface area contributed by atoms with Crippen molar-refractivity contribution in [3.63, 3.8) is 0 Å². The van der Waals surface area contributed by atoms with Crippen molar-refractivity contribution in [3.05, 3.63) is 24.0 Å². The highest BCUT2D eigenvalue weighted by Crippen LogP contribution is 2.28. The van der Waals surface area contributed by atoms with Crippen LogP contribution >= 0.6 is 24.4 Å². The highest BCUT2D eigenvalue weighted by atomic mass is 32.2. The van der Waals surface area contributed by atoms with E-state index in [9.17, 15) is 0 Å². The Labute approximate surface area is 107 Å². The molecule has 1 aromatic rings. The average Bonchev–Trinajstić information content (AvgIpc) is 2.26. The van der Waals surface area contributed by atoms with Crippen molar-refractivity contribution in [2.24, 2.45) is 0 Å². The summed E-state index contributed by atoms with van der Waals surface area (Å²) in [7, 11) is 0. The molecule has 1 aromatic heterocycles. The second kappa shape index (κ2) is 6.82. The van der Waals surface area contributed by atoms with Crippen molar-refractivity contribution in [3.8, 4) is 6.07 Å². The van der Waals surface area contributed by atoms with Crippen molar-refractivity contribution in [1.82, 2.24) is 4.98 Å². The molecule has 0 saturated heterocycles. The summed E-state index contributed by atoms with van der Waals surface area (Å²) in [6.07, 6.45) is 4.20. The quantitative estimate of drug-likeness (QED) is 0.643. The van der Waals surface area contributed by atoms with Crippen molar-refractivity contribution in [1.29, 1.82) is 5.26 Å². The first-order valence-electron chi connectivity index (χ1n) is 5.31. The Kier molecular flexibility index (Phi) is 5.72. The summed E-state index contributed by atoms with van der Waals surface area (Å²) in [5.41, 5.74) is 1.11. The molecule has 0 aromatic carbocycles. The van der Waals surface area contributed by atoms with E-state index >= 15 is 0 Å². The van der Waals surface area contributed by atoms with Crippen LogP contribution < -0.4 is 0 Å². The Morgan fingerprint density at radius 1 is 1.56 bits per heavy atom. The molecule has 0 saturated carbocycles. The lowest BCUT2D eigenvalue weighted by Crippen LogP contribution is -2.09. The minimum Gasteiger partial charge on any atom is -0.263 e. The summed E-state index contributed by atoms with van der Waals surface area (Å²) in [6.45, 7) is 4.14. The van der Waals surface area contributed by atoms with Crippen LogP contribution in [0.5, 0.6) is 0 Å². The van der Waals surface area contributed by atoms with Crippen LogP contribution in [-0.4, -0.2) is 16.0 Å². The van der Waals surface area contributed by atoms with Crippen LogP contribution in [0.2, 0.25) is 0 Å². The van der Waals surface area contributed by atoms with Crippen LogP contribution in [0.1, 0.15) is 31.7 Å². The molecule has 16 heavy (non-hydrogen) atoms. The molecule has 0 N–H and O–H groups in total. The fraction of sp³-hybridized carbons (Fsp3) is 0.500. The summed E-state index contributed by atoms with van der Waals surface area (Å²) < 4.78 is 0. The lowest BCUT2D eigenvalue weighted by Gasteiger charge is -2.17. The van der Waals surface area contributed by atoms with E-state index < -0.39 is 0 Å². The Hall–Kier alpha value is -0.660. The molecule has 4 heteroatoms. The molecule has 1 rings (SSSR count). The van der Waals surface area contributed by atoms with Gasteiger partial charge >= 0.3 is 0 Å². The average molecular weight is 252 g/mol. The molecular formula is C12H16N2S2. The number of nitriles is 1. The molecule has 0 radical (unpaired) electrons. The summed E-state index contributed by atoms with van der Waals surface area (Å²) in [4.78, 5) is 5.39. The maximum atomic E-state index is 8.81. The van der Waals surface area contributed by atoms with E-state index in [1.807, 2.05) is 19.3 Å². The van der Waals surface area contributed by atoms with E-state index in [0.29, 0.717) is 6.42 Å². The van der Waals surface area contributed by atoms with Crippen molar-refractivity contribution in [2.75, 3.05) is 5.75 Å². The summed E-state index contributed by atoms with van der Waals surface area (Å²) >= 11 is 6.21. The molecule has 86 valence electrons. The van der Waals surface area contributed by atoms with Gasteiger partial charge in [0.2, 0.25) is 0 Å². The molecular weight excluding hydrogens is 236 g/mol. The Morgan fingerprint density at radius 2 is 2.31 bits per heavy atom. The second-order valence-corrected chi connectivity index (χ2v) is 5.75. The molecule has 0 fully saturated rings. The molecule has 0 amide bonds. The number of pyridine rings is 1. The Balaban J connectivity index is 2.91. The largest absolute Gasteiger partial charge is 0.263 e. The summed E-state index contributed by atoms with van der Waals surface area (Å²) in [5, 5.41) is 8.98. The van der Waals surface area contributed by atoms with E-state index in [1.54, 1.807) is 11.8 Å². The van der Waals surface area contributed by atoms with Gasteiger partial charge in [-0.15, -0.1) is 11.8 Å². The third kappa shape index (κ3) is 3.73. The highest BCUT2D eigenvalue weighted by Gasteiger charge is 2.16. The van der Waals surface area contributed by atoms with Crippen molar-refractivity contribution < 1.29 is 0 Å². The van der Waals surface area contributed by atoms with Crippen LogP contribution in [0.25, 0.3) is 0 Å². The highest BCUT2D eigenvalue weighted by molar-refractivity contribution is 7.99. The number of thioether (sulfide) groups is 1. The van der Waals surface area contributed by atoms with Crippen LogP contribution in [-0.2, 0) is 0 Å². The van der Waals surface area contributed by atoms with Gasteiger partial charge in [-0.3, -0.25) is 4.98 Å². The summed E-state index contributed by atoms with van der Waals surface area (Å²) in [5.74, 6) is 1.20. The lowest BCUT2D eigenvalue weighted by molar-refractivity contribution is 0.694. The van der Waals surface area contributed by atoms with Crippen LogP contribution in [0.3, 0.4) is 0 Å². The van der Waals surface area contributed by atoms with E-state index in [2.05, 4.69) is 36.7 Å². The van der Waals surface area contributed by atoms with Gasteiger partial charge in [-0.05, 0) is 17.4 Å². The SMILES string of the molecule is CCSc1cncc(C(CC#N)C(C)S)c1. The van der Waals surface area contributed by atoms with Gasteiger partial charge in [0.1, 0.15) is 0 Å². The predicted molar refractivity (Wildman–Crippen MR) is 72.1 cm³/mol.